The summed E-state index contributed by atoms with van der Waals surface area (Å²) < 4.78 is 18.7. The Morgan fingerprint density at radius 3 is 2.31 bits per heavy atom. The van der Waals surface area contributed by atoms with Gasteiger partial charge in [-0.1, -0.05) is 29.8 Å². The third-order valence-corrected chi connectivity index (χ3v) is 2.54. The topological polar surface area (TPSA) is 9.23 Å². The molecule has 0 aliphatic carbocycles. The zero-order valence-corrected chi connectivity index (χ0v) is 9.33. The Kier molecular flexibility index (Phi) is 2.91. The molecule has 16 heavy (non-hydrogen) atoms. The second-order valence-corrected chi connectivity index (χ2v) is 3.71. The van der Waals surface area contributed by atoms with Crippen molar-refractivity contribution < 1.29 is 9.13 Å². The van der Waals surface area contributed by atoms with E-state index in [0.29, 0.717) is 11.3 Å². The van der Waals surface area contributed by atoms with Crippen LogP contribution in [-0.2, 0) is 0 Å². The molecule has 0 heterocycles. The highest BCUT2D eigenvalue weighted by Crippen LogP contribution is 2.27. The quantitative estimate of drug-likeness (QED) is 0.741. The minimum Gasteiger partial charge on any atom is -0.497 e. The minimum absolute atomic E-state index is 0.232. The Labute approximate surface area is 94.5 Å². The summed E-state index contributed by atoms with van der Waals surface area (Å²) in [6.45, 7) is 2.01. The largest absolute Gasteiger partial charge is 0.497 e. The summed E-state index contributed by atoms with van der Waals surface area (Å²) in [4.78, 5) is 0. The lowest BCUT2D eigenvalue weighted by Gasteiger charge is -2.06. The molecule has 0 aliphatic rings. The second-order valence-electron chi connectivity index (χ2n) is 3.71. The molecule has 1 nitrogen and oxygen atoms in total. The Balaban J connectivity index is 2.50. The number of aryl methyl sites for hydroxylation is 1. The van der Waals surface area contributed by atoms with Gasteiger partial charge in [0.25, 0.3) is 0 Å². The van der Waals surface area contributed by atoms with Crippen molar-refractivity contribution in [3.05, 3.63) is 53.8 Å². The van der Waals surface area contributed by atoms with Gasteiger partial charge in [-0.05, 0) is 30.7 Å². The Morgan fingerprint density at radius 2 is 1.69 bits per heavy atom. The second kappa shape index (κ2) is 4.35. The van der Waals surface area contributed by atoms with Crippen molar-refractivity contribution in [2.45, 2.75) is 6.92 Å². The van der Waals surface area contributed by atoms with Crippen LogP contribution < -0.4 is 4.74 Å². The van der Waals surface area contributed by atoms with Crippen LogP contribution in [0.2, 0.25) is 0 Å². The van der Waals surface area contributed by atoms with Gasteiger partial charge in [-0.3, -0.25) is 0 Å². The first kappa shape index (κ1) is 10.7. The van der Waals surface area contributed by atoms with Crippen molar-refractivity contribution >= 4 is 0 Å². The van der Waals surface area contributed by atoms with Crippen LogP contribution in [0.15, 0.2) is 42.5 Å². The first-order valence-electron chi connectivity index (χ1n) is 5.11. The lowest BCUT2D eigenvalue weighted by molar-refractivity contribution is 0.414. The van der Waals surface area contributed by atoms with E-state index in [9.17, 15) is 4.39 Å². The monoisotopic (exact) mass is 216 g/mol. The maximum atomic E-state index is 13.6. The van der Waals surface area contributed by atoms with E-state index < -0.39 is 0 Å². The molecule has 0 aromatic heterocycles. The van der Waals surface area contributed by atoms with E-state index in [1.807, 2.05) is 31.2 Å². The van der Waals surface area contributed by atoms with Crippen molar-refractivity contribution in [3.63, 3.8) is 0 Å². The van der Waals surface area contributed by atoms with Crippen molar-refractivity contribution in [1.29, 1.82) is 0 Å². The van der Waals surface area contributed by atoms with Gasteiger partial charge in [-0.15, -0.1) is 0 Å². The number of hydrogen-bond donors (Lipinski definition) is 0. The fraction of sp³-hybridized carbons (Fsp3) is 0.143. The van der Waals surface area contributed by atoms with E-state index in [1.54, 1.807) is 19.2 Å². The van der Waals surface area contributed by atoms with E-state index >= 15 is 0 Å². The lowest BCUT2D eigenvalue weighted by Crippen LogP contribution is -1.88. The van der Waals surface area contributed by atoms with Crippen LogP contribution in [0.3, 0.4) is 0 Å². The van der Waals surface area contributed by atoms with E-state index in [0.717, 1.165) is 11.1 Å². The number of halogens is 1. The molecule has 2 aromatic rings. The minimum atomic E-state index is -0.232. The molecule has 0 amide bonds. The van der Waals surface area contributed by atoms with Crippen molar-refractivity contribution in [3.8, 4) is 16.9 Å². The van der Waals surface area contributed by atoms with Gasteiger partial charge in [0, 0.05) is 5.56 Å². The van der Waals surface area contributed by atoms with Gasteiger partial charge in [0.1, 0.15) is 11.6 Å². The molecule has 0 aliphatic heterocycles. The highest BCUT2D eigenvalue weighted by atomic mass is 19.1. The van der Waals surface area contributed by atoms with Crippen molar-refractivity contribution in [2.24, 2.45) is 0 Å². The zero-order chi connectivity index (χ0) is 11.5. The summed E-state index contributed by atoms with van der Waals surface area (Å²) in [6.07, 6.45) is 0. The molecule has 2 aromatic carbocycles. The van der Waals surface area contributed by atoms with Gasteiger partial charge in [0.15, 0.2) is 0 Å². The predicted octanol–water partition coefficient (Wildman–Crippen LogP) is 3.81. The van der Waals surface area contributed by atoms with Crippen LogP contribution in [0.5, 0.6) is 5.75 Å². The van der Waals surface area contributed by atoms with Gasteiger partial charge in [-0.2, -0.15) is 0 Å². The van der Waals surface area contributed by atoms with Crippen molar-refractivity contribution in [2.75, 3.05) is 7.11 Å². The van der Waals surface area contributed by atoms with Crippen LogP contribution in [-0.4, -0.2) is 7.11 Å². The van der Waals surface area contributed by atoms with E-state index in [-0.39, 0.29) is 5.82 Å². The summed E-state index contributed by atoms with van der Waals surface area (Å²) >= 11 is 0. The normalized spacial score (nSPS) is 10.2. The number of methoxy groups -OCH3 is 1. The fourth-order valence-corrected chi connectivity index (χ4v) is 1.59. The number of hydrogen-bond acceptors (Lipinski definition) is 1. The van der Waals surface area contributed by atoms with Crippen LogP contribution >= 0.6 is 0 Å². The molecule has 0 unspecified atom stereocenters. The third kappa shape index (κ3) is 2.06. The molecule has 82 valence electrons. The van der Waals surface area contributed by atoms with Gasteiger partial charge < -0.3 is 4.74 Å². The van der Waals surface area contributed by atoms with Gasteiger partial charge in [0.05, 0.1) is 7.11 Å². The van der Waals surface area contributed by atoms with Crippen LogP contribution in [0.4, 0.5) is 4.39 Å². The summed E-state index contributed by atoms with van der Waals surface area (Å²) in [5.74, 6) is 0.432. The number of ether oxygens (including phenoxy) is 1. The summed E-state index contributed by atoms with van der Waals surface area (Å²) in [6, 6.07) is 12.5. The molecular formula is C14H13FO. The molecule has 0 atom stereocenters. The maximum absolute atomic E-state index is 13.6. The standard InChI is InChI=1S/C14H13FO/c1-10-3-5-11(6-4-10)13-9-12(16-2)7-8-14(13)15/h3-9H,1-2H3. The summed E-state index contributed by atoms with van der Waals surface area (Å²) in [5, 5.41) is 0. The van der Waals surface area contributed by atoms with E-state index in [2.05, 4.69) is 0 Å². The molecule has 0 saturated carbocycles. The zero-order valence-electron chi connectivity index (χ0n) is 9.33. The van der Waals surface area contributed by atoms with Gasteiger partial charge in [-0.25, -0.2) is 4.39 Å². The smallest absolute Gasteiger partial charge is 0.131 e. The van der Waals surface area contributed by atoms with Crippen LogP contribution in [0, 0.1) is 12.7 Å². The molecule has 2 heteroatoms. The van der Waals surface area contributed by atoms with Crippen molar-refractivity contribution in [1.82, 2.24) is 0 Å². The molecular weight excluding hydrogens is 203 g/mol. The number of benzene rings is 2. The highest BCUT2D eigenvalue weighted by molar-refractivity contribution is 5.66. The van der Waals surface area contributed by atoms with Gasteiger partial charge in [0.2, 0.25) is 0 Å². The molecule has 0 fully saturated rings. The van der Waals surface area contributed by atoms with E-state index in [4.69, 9.17) is 4.74 Å². The van der Waals surface area contributed by atoms with Gasteiger partial charge >= 0.3 is 0 Å². The third-order valence-electron chi connectivity index (χ3n) is 2.54. The summed E-state index contributed by atoms with van der Waals surface area (Å²) in [7, 11) is 1.58. The maximum Gasteiger partial charge on any atom is 0.131 e. The Hall–Kier alpha value is -1.83. The fourth-order valence-electron chi connectivity index (χ4n) is 1.59. The van der Waals surface area contributed by atoms with Crippen LogP contribution in [0.1, 0.15) is 5.56 Å². The Bertz CT molecular complexity index is 489. The molecule has 0 N–H and O–H groups in total. The highest BCUT2D eigenvalue weighted by Gasteiger charge is 2.06. The first-order chi connectivity index (χ1) is 7.70. The van der Waals surface area contributed by atoms with E-state index in [1.165, 1.54) is 6.07 Å². The lowest BCUT2D eigenvalue weighted by atomic mass is 10.0. The first-order valence-corrected chi connectivity index (χ1v) is 5.11. The predicted molar refractivity (Wildman–Crippen MR) is 63.1 cm³/mol. The molecule has 0 bridgehead atoms. The molecule has 2 rings (SSSR count). The molecule has 0 radical (unpaired) electrons. The molecule has 0 saturated heterocycles. The summed E-state index contributed by atoms with van der Waals surface area (Å²) in [5.41, 5.74) is 2.59. The SMILES string of the molecule is COc1ccc(F)c(-c2ccc(C)cc2)c1. The average Bonchev–Trinajstić information content (AvgIpc) is 2.31. The van der Waals surface area contributed by atoms with Crippen LogP contribution in [0.25, 0.3) is 11.1 Å². The average molecular weight is 216 g/mol. The molecule has 0 spiro atoms. The number of rotatable bonds is 2. The Morgan fingerprint density at radius 1 is 1.00 bits per heavy atom.